The molecule has 0 radical (unpaired) electrons. The second-order valence-electron chi connectivity index (χ2n) is 5.56. The fourth-order valence-electron chi connectivity index (χ4n) is 3.10. The average Bonchev–Trinajstić information content (AvgIpc) is 2.86. The van der Waals surface area contributed by atoms with Gasteiger partial charge in [-0.1, -0.05) is 12.1 Å². The smallest absolute Gasteiger partial charge is 0.293 e. The maximum Gasteiger partial charge on any atom is 0.293 e. The van der Waals surface area contributed by atoms with Gasteiger partial charge in [0, 0.05) is 24.9 Å². The van der Waals surface area contributed by atoms with E-state index in [1.54, 1.807) is 12.1 Å². The average molecular weight is 316 g/mol. The lowest BCUT2D eigenvalue weighted by molar-refractivity contribution is -0.137. The van der Waals surface area contributed by atoms with E-state index in [1.807, 2.05) is 6.07 Å². The standard InChI is InChI=1S/C16H16N2O5/c19-9-23-7-6-10-2-1-3-11-12(10)8-18(16(11)22)13-4-5-14(20)17-15(13)21/h1-3,9,13H,4-8H2,(H,17,20,21). The zero-order chi connectivity index (χ0) is 16.4. The molecule has 3 amide bonds. The Morgan fingerprint density at radius 1 is 1.30 bits per heavy atom. The molecule has 23 heavy (non-hydrogen) atoms. The van der Waals surface area contributed by atoms with E-state index in [0.717, 1.165) is 11.1 Å². The van der Waals surface area contributed by atoms with Gasteiger partial charge in [-0.2, -0.15) is 0 Å². The molecule has 3 rings (SSSR count). The fraction of sp³-hybridized carbons (Fsp3) is 0.375. The molecule has 0 aliphatic carbocycles. The third kappa shape index (κ3) is 2.81. The van der Waals surface area contributed by atoms with Crippen LogP contribution >= 0.6 is 0 Å². The van der Waals surface area contributed by atoms with Crippen LogP contribution in [0.15, 0.2) is 18.2 Å². The topological polar surface area (TPSA) is 92.8 Å². The number of imide groups is 1. The van der Waals surface area contributed by atoms with E-state index in [9.17, 15) is 19.2 Å². The highest BCUT2D eigenvalue weighted by atomic mass is 16.5. The summed E-state index contributed by atoms with van der Waals surface area (Å²) in [5.41, 5.74) is 2.35. The van der Waals surface area contributed by atoms with Crippen LogP contribution in [0.4, 0.5) is 0 Å². The van der Waals surface area contributed by atoms with Gasteiger partial charge in [0.05, 0.1) is 6.61 Å². The fourth-order valence-corrected chi connectivity index (χ4v) is 3.10. The van der Waals surface area contributed by atoms with Gasteiger partial charge in [0.25, 0.3) is 12.4 Å². The Hall–Kier alpha value is -2.70. The number of fused-ring (bicyclic) bond motifs is 1. The summed E-state index contributed by atoms with van der Waals surface area (Å²) in [5, 5.41) is 2.28. The molecule has 2 aliphatic heterocycles. The molecule has 0 bridgehead atoms. The first-order valence-corrected chi connectivity index (χ1v) is 7.42. The molecule has 120 valence electrons. The van der Waals surface area contributed by atoms with E-state index in [1.165, 1.54) is 4.90 Å². The maximum atomic E-state index is 12.6. The minimum Gasteiger partial charge on any atom is -0.468 e. The van der Waals surface area contributed by atoms with Crippen LogP contribution in [-0.2, 0) is 32.1 Å². The minimum absolute atomic E-state index is 0.201. The van der Waals surface area contributed by atoms with Crippen molar-refractivity contribution in [2.45, 2.75) is 31.8 Å². The van der Waals surface area contributed by atoms with E-state index in [-0.39, 0.29) is 24.8 Å². The number of piperidine rings is 1. The summed E-state index contributed by atoms with van der Waals surface area (Å²) >= 11 is 0. The van der Waals surface area contributed by atoms with E-state index < -0.39 is 11.9 Å². The largest absolute Gasteiger partial charge is 0.468 e. The molecule has 1 N–H and O–H groups in total. The highest BCUT2D eigenvalue weighted by molar-refractivity contribution is 6.05. The SMILES string of the molecule is O=COCCc1cccc2c1CN(C1CCC(=O)NC1=O)C2=O. The van der Waals surface area contributed by atoms with Crippen LogP contribution in [0.25, 0.3) is 0 Å². The predicted octanol–water partition coefficient (Wildman–Crippen LogP) is 0.163. The molecule has 1 aromatic carbocycles. The van der Waals surface area contributed by atoms with E-state index in [2.05, 4.69) is 5.32 Å². The van der Waals surface area contributed by atoms with Crippen LogP contribution in [-0.4, -0.2) is 41.7 Å². The van der Waals surface area contributed by atoms with Gasteiger partial charge in [0.2, 0.25) is 11.8 Å². The first-order chi connectivity index (χ1) is 11.1. The molecular weight excluding hydrogens is 300 g/mol. The Kier molecular flexibility index (Phi) is 4.10. The van der Waals surface area contributed by atoms with E-state index in [0.29, 0.717) is 31.4 Å². The van der Waals surface area contributed by atoms with Crippen LogP contribution in [0.2, 0.25) is 0 Å². The van der Waals surface area contributed by atoms with Crippen LogP contribution in [0.5, 0.6) is 0 Å². The monoisotopic (exact) mass is 316 g/mol. The van der Waals surface area contributed by atoms with Crippen molar-refractivity contribution < 1.29 is 23.9 Å². The van der Waals surface area contributed by atoms with Gasteiger partial charge in [0.1, 0.15) is 6.04 Å². The Morgan fingerprint density at radius 3 is 2.87 bits per heavy atom. The van der Waals surface area contributed by atoms with Gasteiger partial charge < -0.3 is 9.64 Å². The predicted molar refractivity (Wildman–Crippen MR) is 78.2 cm³/mol. The van der Waals surface area contributed by atoms with Crippen LogP contribution < -0.4 is 5.32 Å². The van der Waals surface area contributed by atoms with Gasteiger partial charge in [-0.15, -0.1) is 0 Å². The zero-order valence-corrected chi connectivity index (χ0v) is 12.4. The van der Waals surface area contributed by atoms with Crippen molar-refractivity contribution in [3.8, 4) is 0 Å². The molecule has 2 aliphatic rings. The number of rotatable bonds is 5. The quantitative estimate of drug-likeness (QED) is 0.475. The normalized spacial score (nSPS) is 20.3. The van der Waals surface area contributed by atoms with Crippen LogP contribution in [0, 0.1) is 0 Å². The Bertz CT molecular complexity index is 685. The summed E-state index contributed by atoms with van der Waals surface area (Å²) in [6.45, 7) is 0.967. The molecule has 7 nitrogen and oxygen atoms in total. The number of hydrogen-bond donors (Lipinski definition) is 1. The number of carbonyl (C=O) groups is 4. The number of benzene rings is 1. The summed E-state index contributed by atoms with van der Waals surface area (Å²) in [7, 11) is 0. The zero-order valence-electron chi connectivity index (χ0n) is 12.4. The van der Waals surface area contributed by atoms with Crippen molar-refractivity contribution in [1.29, 1.82) is 0 Å². The highest BCUT2D eigenvalue weighted by Gasteiger charge is 2.39. The molecular formula is C16H16N2O5. The summed E-state index contributed by atoms with van der Waals surface area (Å²) in [4.78, 5) is 47.6. The molecule has 1 fully saturated rings. The molecule has 1 saturated heterocycles. The number of ether oxygens (including phenoxy) is 1. The highest BCUT2D eigenvalue weighted by Crippen LogP contribution is 2.29. The Balaban J connectivity index is 1.81. The maximum absolute atomic E-state index is 12.6. The number of hydrogen-bond acceptors (Lipinski definition) is 5. The lowest BCUT2D eigenvalue weighted by Crippen LogP contribution is -2.52. The molecule has 2 heterocycles. The lowest BCUT2D eigenvalue weighted by Gasteiger charge is -2.29. The number of carbonyl (C=O) groups excluding carboxylic acids is 4. The third-order valence-electron chi connectivity index (χ3n) is 4.24. The van der Waals surface area contributed by atoms with E-state index in [4.69, 9.17) is 4.74 Å². The number of nitrogens with one attached hydrogen (secondary N) is 1. The minimum atomic E-state index is -0.619. The summed E-state index contributed by atoms with van der Waals surface area (Å²) in [6, 6.07) is 4.77. The summed E-state index contributed by atoms with van der Waals surface area (Å²) in [6.07, 6.45) is 1.09. The van der Waals surface area contributed by atoms with E-state index >= 15 is 0 Å². The number of nitrogens with zero attached hydrogens (tertiary/aromatic N) is 1. The van der Waals surface area contributed by atoms with Gasteiger partial charge in [0.15, 0.2) is 0 Å². The third-order valence-corrected chi connectivity index (χ3v) is 4.24. The molecule has 1 atom stereocenters. The second kappa shape index (κ2) is 6.20. The van der Waals surface area contributed by atoms with Gasteiger partial charge in [-0.25, -0.2) is 0 Å². The van der Waals surface area contributed by atoms with Crippen molar-refractivity contribution in [3.05, 3.63) is 34.9 Å². The van der Waals surface area contributed by atoms with Crippen LogP contribution in [0.1, 0.15) is 34.3 Å². The Labute approximate surface area is 132 Å². The van der Waals surface area contributed by atoms with Crippen molar-refractivity contribution >= 4 is 24.2 Å². The van der Waals surface area contributed by atoms with Crippen LogP contribution in [0.3, 0.4) is 0 Å². The Morgan fingerprint density at radius 2 is 2.13 bits per heavy atom. The lowest BCUT2D eigenvalue weighted by atomic mass is 10.0. The molecule has 7 heteroatoms. The van der Waals surface area contributed by atoms with Crippen molar-refractivity contribution in [3.63, 3.8) is 0 Å². The van der Waals surface area contributed by atoms with Gasteiger partial charge in [-0.05, 0) is 23.6 Å². The van der Waals surface area contributed by atoms with Crippen molar-refractivity contribution in [2.75, 3.05) is 6.61 Å². The molecule has 1 aromatic rings. The first kappa shape index (κ1) is 15.2. The molecule has 0 spiro atoms. The number of amides is 3. The summed E-state index contributed by atoms with van der Waals surface area (Å²) in [5.74, 6) is -0.928. The molecule has 0 saturated carbocycles. The summed E-state index contributed by atoms with van der Waals surface area (Å²) < 4.78 is 4.72. The van der Waals surface area contributed by atoms with Crippen molar-refractivity contribution in [1.82, 2.24) is 10.2 Å². The van der Waals surface area contributed by atoms with Crippen molar-refractivity contribution in [2.24, 2.45) is 0 Å². The second-order valence-corrected chi connectivity index (χ2v) is 5.56. The van der Waals surface area contributed by atoms with Gasteiger partial charge >= 0.3 is 0 Å². The first-order valence-electron chi connectivity index (χ1n) is 7.42. The van der Waals surface area contributed by atoms with Gasteiger partial charge in [-0.3, -0.25) is 24.5 Å². The molecule has 0 aromatic heterocycles. The molecule has 1 unspecified atom stereocenters.